The zero-order chi connectivity index (χ0) is 21.7. The fourth-order valence-electron chi connectivity index (χ4n) is 2.81. The van der Waals surface area contributed by atoms with E-state index in [1.54, 1.807) is 33.8 Å². The molecule has 0 spiro atoms. The number of hydrogen-bond donors (Lipinski definition) is 2. The van der Waals surface area contributed by atoms with Gasteiger partial charge in [-0.15, -0.1) is 0 Å². The molecule has 1 heterocycles. The van der Waals surface area contributed by atoms with Crippen LogP contribution in [-0.4, -0.2) is 41.0 Å². The molecule has 10 nitrogen and oxygen atoms in total. The Hall–Kier alpha value is -3.69. The first-order chi connectivity index (χ1) is 13.7. The van der Waals surface area contributed by atoms with Crippen molar-refractivity contribution in [1.82, 2.24) is 4.98 Å². The van der Waals surface area contributed by atoms with Gasteiger partial charge in [0.05, 0.1) is 17.1 Å². The maximum atomic E-state index is 12.4. The van der Waals surface area contributed by atoms with E-state index in [9.17, 15) is 24.5 Å². The first kappa shape index (κ1) is 21.6. The van der Waals surface area contributed by atoms with Crippen LogP contribution in [0.2, 0.25) is 0 Å². The molecule has 1 aromatic heterocycles. The van der Waals surface area contributed by atoms with E-state index in [0.29, 0.717) is 16.8 Å². The smallest absolute Gasteiger partial charge is 0.355 e. The maximum Gasteiger partial charge on any atom is 0.355 e. The SMILES string of the molecule is CCOC(=O)c1[nH]c(C)c(C(=O)OCC(=O)Nc2c(C)cccc2[N+](=O)[O-])c1C. The normalized spacial score (nSPS) is 10.3. The first-order valence-electron chi connectivity index (χ1n) is 8.74. The number of amides is 1. The van der Waals surface area contributed by atoms with Crippen LogP contribution in [0.1, 0.15) is 44.6 Å². The fourth-order valence-corrected chi connectivity index (χ4v) is 2.81. The van der Waals surface area contributed by atoms with Crippen LogP contribution in [0.5, 0.6) is 0 Å². The number of H-pyrrole nitrogens is 1. The molecule has 0 radical (unpaired) electrons. The quantitative estimate of drug-likeness (QED) is 0.411. The summed E-state index contributed by atoms with van der Waals surface area (Å²) in [5, 5.41) is 13.5. The third kappa shape index (κ3) is 4.78. The van der Waals surface area contributed by atoms with E-state index in [2.05, 4.69) is 10.3 Å². The molecular weight excluding hydrogens is 382 g/mol. The highest BCUT2D eigenvalue weighted by Gasteiger charge is 2.25. The molecular formula is C19H21N3O7. The number of carbonyl (C=O) groups is 3. The molecule has 2 aromatic rings. The highest BCUT2D eigenvalue weighted by Crippen LogP contribution is 2.27. The minimum atomic E-state index is -0.804. The Kier molecular flexibility index (Phi) is 6.71. The standard InChI is InChI=1S/C19H21N3O7/c1-5-28-19(25)17-11(3)15(12(4)20-17)18(24)29-9-14(23)21-16-10(2)7-6-8-13(16)22(26)27/h6-8,20H,5,9H2,1-4H3,(H,21,23). The van der Waals surface area contributed by atoms with Crippen molar-refractivity contribution < 1.29 is 28.8 Å². The Morgan fingerprint density at radius 2 is 1.83 bits per heavy atom. The maximum absolute atomic E-state index is 12.4. The number of aromatic nitrogens is 1. The van der Waals surface area contributed by atoms with E-state index >= 15 is 0 Å². The van der Waals surface area contributed by atoms with Gasteiger partial charge in [0.2, 0.25) is 0 Å². The van der Waals surface area contributed by atoms with Gasteiger partial charge in [0.25, 0.3) is 11.6 Å². The Balaban J connectivity index is 2.10. The Morgan fingerprint density at radius 1 is 1.14 bits per heavy atom. The van der Waals surface area contributed by atoms with Gasteiger partial charge in [0.1, 0.15) is 11.4 Å². The molecule has 1 amide bonds. The number of nitrogens with zero attached hydrogens (tertiary/aromatic N) is 1. The first-order valence-corrected chi connectivity index (χ1v) is 8.74. The molecule has 0 aliphatic carbocycles. The van der Waals surface area contributed by atoms with Gasteiger partial charge in [-0.1, -0.05) is 12.1 Å². The van der Waals surface area contributed by atoms with Gasteiger partial charge >= 0.3 is 11.9 Å². The lowest BCUT2D eigenvalue weighted by atomic mass is 10.1. The van der Waals surface area contributed by atoms with Gasteiger partial charge in [0.15, 0.2) is 6.61 Å². The third-order valence-electron chi connectivity index (χ3n) is 4.17. The van der Waals surface area contributed by atoms with Crippen LogP contribution in [-0.2, 0) is 14.3 Å². The van der Waals surface area contributed by atoms with E-state index in [1.165, 1.54) is 12.1 Å². The topological polar surface area (TPSA) is 141 Å². The fraction of sp³-hybridized carbons (Fsp3) is 0.316. The predicted octanol–water partition coefficient (Wildman–Crippen LogP) is 2.82. The van der Waals surface area contributed by atoms with Gasteiger partial charge in [-0.2, -0.15) is 0 Å². The van der Waals surface area contributed by atoms with Crippen LogP contribution in [0.3, 0.4) is 0 Å². The number of para-hydroxylation sites is 1. The molecule has 29 heavy (non-hydrogen) atoms. The molecule has 154 valence electrons. The van der Waals surface area contributed by atoms with E-state index < -0.39 is 29.4 Å². The molecule has 0 saturated carbocycles. The summed E-state index contributed by atoms with van der Waals surface area (Å²) in [5.74, 6) is -2.13. The summed E-state index contributed by atoms with van der Waals surface area (Å²) in [7, 11) is 0. The predicted molar refractivity (Wildman–Crippen MR) is 103 cm³/mol. The van der Waals surface area contributed by atoms with Crippen molar-refractivity contribution in [1.29, 1.82) is 0 Å². The van der Waals surface area contributed by atoms with E-state index in [0.717, 1.165) is 0 Å². The molecule has 1 aromatic carbocycles. The van der Waals surface area contributed by atoms with Crippen molar-refractivity contribution in [2.24, 2.45) is 0 Å². The lowest BCUT2D eigenvalue weighted by Gasteiger charge is -2.09. The average molecular weight is 403 g/mol. The molecule has 10 heteroatoms. The number of benzene rings is 1. The summed E-state index contributed by atoms with van der Waals surface area (Å²) in [6.45, 7) is 5.95. The molecule has 2 N–H and O–H groups in total. The number of rotatable bonds is 7. The van der Waals surface area contributed by atoms with Crippen LogP contribution in [0.15, 0.2) is 18.2 Å². The molecule has 0 unspecified atom stereocenters. The van der Waals surface area contributed by atoms with Crippen molar-refractivity contribution >= 4 is 29.2 Å². The van der Waals surface area contributed by atoms with E-state index in [4.69, 9.17) is 9.47 Å². The molecule has 0 saturated heterocycles. The monoisotopic (exact) mass is 403 g/mol. The minimum absolute atomic E-state index is 0.0390. The van der Waals surface area contributed by atoms with Gasteiger partial charge < -0.3 is 19.8 Å². The van der Waals surface area contributed by atoms with E-state index in [1.807, 2.05) is 0 Å². The number of aromatic amines is 1. The molecule has 0 aliphatic heterocycles. The van der Waals surface area contributed by atoms with Crippen LogP contribution in [0.4, 0.5) is 11.4 Å². The van der Waals surface area contributed by atoms with Crippen LogP contribution in [0, 0.1) is 30.9 Å². The number of hydrogen-bond acceptors (Lipinski definition) is 7. The molecule has 2 rings (SSSR count). The molecule has 0 atom stereocenters. The van der Waals surface area contributed by atoms with Gasteiger partial charge in [-0.25, -0.2) is 9.59 Å². The van der Waals surface area contributed by atoms with Crippen LogP contribution in [0.25, 0.3) is 0 Å². The summed E-state index contributed by atoms with van der Waals surface area (Å²) in [5.41, 5.74) is 1.28. The molecule has 0 fully saturated rings. The second kappa shape index (κ2) is 9.00. The Morgan fingerprint density at radius 3 is 2.45 bits per heavy atom. The Bertz CT molecular complexity index is 978. The number of esters is 2. The van der Waals surface area contributed by atoms with Crippen molar-refractivity contribution in [3.05, 3.63) is 56.4 Å². The highest BCUT2D eigenvalue weighted by atomic mass is 16.6. The minimum Gasteiger partial charge on any atom is -0.461 e. The molecule has 0 bridgehead atoms. The number of carbonyl (C=O) groups excluding carboxylic acids is 3. The number of nitro groups is 1. The van der Waals surface area contributed by atoms with E-state index in [-0.39, 0.29) is 29.2 Å². The second-order valence-electron chi connectivity index (χ2n) is 6.20. The largest absolute Gasteiger partial charge is 0.461 e. The lowest BCUT2D eigenvalue weighted by molar-refractivity contribution is -0.384. The summed E-state index contributed by atoms with van der Waals surface area (Å²) in [6.07, 6.45) is 0. The number of ether oxygens (including phenoxy) is 2. The van der Waals surface area contributed by atoms with Crippen molar-refractivity contribution in [3.8, 4) is 0 Å². The van der Waals surface area contributed by atoms with Crippen LogP contribution >= 0.6 is 0 Å². The number of nitrogens with one attached hydrogen (secondary N) is 2. The number of nitro benzene ring substituents is 1. The van der Waals surface area contributed by atoms with Crippen molar-refractivity contribution in [2.45, 2.75) is 27.7 Å². The van der Waals surface area contributed by atoms with Crippen molar-refractivity contribution in [3.63, 3.8) is 0 Å². The summed E-state index contributed by atoms with van der Waals surface area (Å²) in [6, 6.07) is 4.37. The van der Waals surface area contributed by atoms with Gasteiger partial charge in [-0.05, 0) is 38.8 Å². The average Bonchev–Trinajstić information content (AvgIpc) is 2.96. The lowest BCUT2D eigenvalue weighted by Crippen LogP contribution is -2.22. The number of anilines is 1. The van der Waals surface area contributed by atoms with Gasteiger partial charge in [-0.3, -0.25) is 14.9 Å². The molecule has 0 aliphatic rings. The van der Waals surface area contributed by atoms with Gasteiger partial charge in [0, 0.05) is 11.8 Å². The Labute approximate surface area is 166 Å². The third-order valence-corrected chi connectivity index (χ3v) is 4.17. The zero-order valence-electron chi connectivity index (χ0n) is 16.5. The van der Waals surface area contributed by atoms with Crippen molar-refractivity contribution in [2.75, 3.05) is 18.5 Å². The second-order valence-corrected chi connectivity index (χ2v) is 6.20. The highest BCUT2D eigenvalue weighted by molar-refractivity contribution is 6.00. The summed E-state index contributed by atoms with van der Waals surface area (Å²) in [4.78, 5) is 49.7. The zero-order valence-corrected chi connectivity index (χ0v) is 16.5. The van der Waals surface area contributed by atoms with Crippen LogP contribution < -0.4 is 5.32 Å². The summed E-state index contributed by atoms with van der Waals surface area (Å²) >= 11 is 0. The summed E-state index contributed by atoms with van der Waals surface area (Å²) < 4.78 is 9.95. The number of aryl methyl sites for hydroxylation is 2.